The first-order valence-corrected chi connectivity index (χ1v) is 12.2. The fraction of sp³-hybridized carbons (Fsp3) is 0.143. The van der Waals surface area contributed by atoms with Crippen molar-refractivity contribution in [2.24, 2.45) is 7.05 Å². The predicted octanol–water partition coefficient (Wildman–Crippen LogP) is 4.26. The Hall–Kier alpha value is -5.44. The molecule has 3 heterocycles. The summed E-state index contributed by atoms with van der Waals surface area (Å²) >= 11 is 0. The number of aromatic nitrogens is 5. The van der Waals surface area contributed by atoms with Crippen LogP contribution in [0.25, 0.3) is 22.2 Å². The van der Waals surface area contributed by atoms with Crippen LogP contribution in [0.4, 0.5) is 20.4 Å². The van der Waals surface area contributed by atoms with Gasteiger partial charge in [0.15, 0.2) is 40.3 Å². The lowest BCUT2D eigenvalue weighted by Crippen LogP contribution is -2.29. The van der Waals surface area contributed by atoms with E-state index in [0.29, 0.717) is 23.6 Å². The van der Waals surface area contributed by atoms with Crippen molar-refractivity contribution in [2.75, 3.05) is 11.1 Å². The molecule has 0 spiro atoms. The summed E-state index contributed by atoms with van der Waals surface area (Å²) in [6.07, 6.45) is 3.02. The van der Waals surface area contributed by atoms with Crippen LogP contribution in [0, 0.1) is 23.0 Å². The lowest BCUT2D eigenvalue weighted by atomic mass is 10.0. The van der Waals surface area contributed by atoms with E-state index in [2.05, 4.69) is 30.7 Å². The zero-order chi connectivity index (χ0) is 28.4. The normalized spacial score (nSPS) is 11.7. The standard InChI is InChI=1S/C28H23F2N9O/c1-15(18-7-8-22(29)23(30)10-18)36-28(40)24-26(34-14-20(11-31)37-24)33-12-16-3-5-17(6-4-16)19-9-21-25(32)38-39(2)27(21)35-13-19/h3-10,13-15H,12H2,1-2H3,(H2,32,38)(H,33,34)(H,36,40)/t15-/m0/s1. The number of fused-ring (bicyclic) bond motifs is 1. The Labute approximate surface area is 227 Å². The molecule has 200 valence electrons. The highest BCUT2D eigenvalue weighted by molar-refractivity contribution is 5.97. The summed E-state index contributed by atoms with van der Waals surface area (Å²) in [4.78, 5) is 25.8. The van der Waals surface area contributed by atoms with Crippen molar-refractivity contribution >= 4 is 28.6 Å². The van der Waals surface area contributed by atoms with E-state index in [1.54, 1.807) is 24.9 Å². The molecule has 1 amide bonds. The number of nitrogens with one attached hydrogen (secondary N) is 2. The van der Waals surface area contributed by atoms with Crippen molar-refractivity contribution in [1.82, 2.24) is 30.0 Å². The van der Waals surface area contributed by atoms with Gasteiger partial charge in [-0.15, -0.1) is 0 Å². The Morgan fingerprint density at radius 2 is 1.85 bits per heavy atom. The van der Waals surface area contributed by atoms with Gasteiger partial charge >= 0.3 is 0 Å². The maximum absolute atomic E-state index is 13.7. The smallest absolute Gasteiger partial charge is 0.274 e. The van der Waals surface area contributed by atoms with Crippen molar-refractivity contribution in [3.05, 3.63) is 95.1 Å². The topological polar surface area (TPSA) is 147 Å². The largest absolute Gasteiger partial charge is 0.382 e. The predicted molar refractivity (Wildman–Crippen MR) is 145 cm³/mol. The Morgan fingerprint density at radius 1 is 1.07 bits per heavy atom. The highest BCUT2D eigenvalue weighted by Gasteiger charge is 2.20. The molecule has 5 aromatic rings. The maximum Gasteiger partial charge on any atom is 0.274 e. The van der Waals surface area contributed by atoms with Crippen LogP contribution in [0.5, 0.6) is 0 Å². The fourth-order valence-electron chi connectivity index (χ4n) is 4.19. The average Bonchev–Trinajstić information content (AvgIpc) is 3.25. The van der Waals surface area contributed by atoms with Gasteiger partial charge in [-0.05, 0) is 41.8 Å². The maximum atomic E-state index is 13.7. The van der Waals surface area contributed by atoms with Crippen molar-refractivity contribution in [3.63, 3.8) is 0 Å². The first-order chi connectivity index (χ1) is 19.2. The Morgan fingerprint density at radius 3 is 2.58 bits per heavy atom. The first kappa shape index (κ1) is 26.2. The number of nitrogen functional groups attached to an aromatic ring is 1. The second-order valence-corrected chi connectivity index (χ2v) is 9.09. The molecule has 0 bridgehead atoms. The van der Waals surface area contributed by atoms with Crippen LogP contribution in [0.3, 0.4) is 0 Å². The van der Waals surface area contributed by atoms with Crippen LogP contribution in [0.1, 0.15) is 40.3 Å². The van der Waals surface area contributed by atoms with Gasteiger partial charge in [-0.25, -0.2) is 28.4 Å². The molecule has 5 rings (SSSR count). The van der Waals surface area contributed by atoms with E-state index in [-0.39, 0.29) is 17.2 Å². The molecular formula is C28H23F2N9O. The zero-order valence-corrected chi connectivity index (χ0v) is 21.5. The van der Waals surface area contributed by atoms with Gasteiger partial charge in [-0.3, -0.25) is 4.79 Å². The minimum absolute atomic E-state index is 0.0413. The van der Waals surface area contributed by atoms with Crippen LogP contribution in [-0.4, -0.2) is 30.6 Å². The lowest BCUT2D eigenvalue weighted by molar-refractivity contribution is 0.0935. The molecule has 40 heavy (non-hydrogen) atoms. The van der Waals surface area contributed by atoms with Gasteiger partial charge in [0.1, 0.15) is 6.07 Å². The van der Waals surface area contributed by atoms with Crippen LogP contribution < -0.4 is 16.4 Å². The Bertz CT molecular complexity index is 1780. The number of nitrogens with two attached hydrogens (primary N) is 1. The lowest BCUT2D eigenvalue weighted by Gasteiger charge is -2.16. The van der Waals surface area contributed by atoms with Crippen LogP contribution in [-0.2, 0) is 13.6 Å². The second-order valence-electron chi connectivity index (χ2n) is 9.09. The van der Waals surface area contributed by atoms with Gasteiger partial charge in [0.25, 0.3) is 5.91 Å². The minimum atomic E-state index is -1.02. The van der Waals surface area contributed by atoms with Gasteiger partial charge < -0.3 is 16.4 Å². The number of hydrogen-bond donors (Lipinski definition) is 3. The number of nitrogens with zero attached hydrogens (tertiary/aromatic N) is 6. The SMILES string of the molecule is C[C@H](NC(=O)c1nc(C#N)cnc1NCc1ccc(-c2cnc3c(c2)c(N)nn3C)cc1)c1ccc(F)c(F)c1. The molecule has 0 aliphatic rings. The van der Waals surface area contributed by atoms with Gasteiger partial charge in [-0.2, -0.15) is 10.4 Å². The summed E-state index contributed by atoms with van der Waals surface area (Å²) in [7, 11) is 1.79. The second kappa shape index (κ2) is 10.7. The Kier molecular flexibility index (Phi) is 7.03. The summed E-state index contributed by atoms with van der Waals surface area (Å²) in [6.45, 7) is 1.93. The molecule has 10 nitrogen and oxygen atoms in total. The number of anilines is 2. The summed E-state index contributed by atoms with van der Waals surface area (Å²) in [5.41, 5.74) is 9.64. The molecule has 0 saturated carbocycles. The first-order valence-electron chi connectivity index (χ1n) is 12.2. The highest BCUT2D eigenvalue weighted by Crippen LogP contribution is 2.26. The van der Waals surface area contributed by atoms with Crippen molar-refractivity contribution in [2.45, 2.75) is 19.5 Å². The number of pyridine rings is 1. The van der Waals surface area contributed by atoms with Gasteiger partial charge in [-0.1, -0.05) is 30.3 Å². The molecule has 0 fully saturated rings. The number of amides is 1. The zero-order valence-electron chi connectivity index (χ0n) is 21.5. The van der Waals surface area contributed by atoms with Crippen molar-refractivity contribution in [3.8, 4) is 17.2 Å². The molecule has 2 aromatic carbocycles. The van der Waals surface area contributed by atoms with Crippen molar-refractivity contribution < 1.29 is 13.6 Å². The monoisotopic (exact) mass is 539 g/mol. The number of hydrogen-bond acceptors (Lipinski definition) is 8. The third kappa shape index (κ3) is 5.25. The Balaban J connectivity index is 1.31. The van der Waals surface area contributed by atoms with Gasteiger partial charge in [0, 0.05) is 25.4 Å². The van der Waals surface area contributed by atoms with E-state index < -0.39 is 23.6 Å². The number of carbonyl (C=O) groups is 1. The number of benzene rings is 2. The van der Waals surface area contributed by atoms with E-state index in [1.165, 1.54) is 12.3 Å². The number of nitriles is 1. The summed E-state index contributed by atoms with van der Waals surface area (Å²) in [6, 6.07) is 14.2. The van der Waals surface area contributed by atoms with E-state index in [9.17, 15) is 18.8 Å². The molecule has 0 aliphatic carbocycles. The number of carbonyl (C=O) groups excluding carboxylic acids is 1. The molecule has 0 saturated heterocycles. The minimum Gasteiger partial charge on any atom is -0.382 e. The van der Waals surface area contributed by atoms with E-state index in [4.69, 9.17) is 5.73 Å². The highest BCUT2D eigenvalue weighted by atomic mass is 19.2. The number of rotatable bonds is 7. The fourth-order valence-corrected chi connectivity index (χ4v) is 4.19. The molecule has 12 heteroatoms. The molecule has 0 radical (unpaired) electrons. The molecule has 0 unspecified atom stereocenters. The molecule has 1 atom stereocenters. The number of halogens is 2. The van der Waals surface area contributed by atoms with Crippen LogP contribution in [0.2, 0.25) is 0 Å². The van der Waals surface area contributed by atoms with Crippen molar-refractivity contribution in [1.29, 1.82) is 5.26 Å². The average molecular weight is 540 g/mol. The summed E-state index contributed by atoms with van der Waals surface area (Å²) < 4.78 is 28.6. The quantitative estimate of drug-likeness (QED) is 0.278. The third-order valence-electron chi connectivity index (χ3n) is 6.35. The van der Waals surface area contributed by atoms with E-state index >= 15 is 0 Å². The molecule has 4 N–H and O–H groups in total. The molecule has 0 aliphatic heterocycles. The van der Waals surface area contributed by atoms with Gasteiger partial charge in [0.2, 0.25) is 0 Å². The van der Waals surface area contributed by atoms with Crippen LogP contribution in [0.15, 0.2) is 60.9 Å². The summed E-state index contributed by atoms with van der Waals surface area (Å²) in [5.74, 6) is -2.05. The molecular weight excluding hydrogens is 516 g/mol. The number of aryl methyl sites for hydroxylation is 1. The molecule has 3 aromatic heterocycles. The van der Waals surface area contributed by atoms with Gasteiger partial charge in [0.05, 0.1) is 17.6 Å². The van der Waals surface area contributed by atoms with E-state index in [1.807, 2.05) is 36.4 Å². The summed E-state index contributed by atoms with van der Waals surface area (Å²) in [5, 5.41) is 20.0. The van der Waals surface area contributed by atoms with E-state index in [0.717, 1.165) is 34.2 Å². The third-order valence-corrected chi connectivity index (χ3v) is 6.35. The van der Waals surface area contributed by atoms with Crippen LogP contribution >= 0.6 is 0 Å².